The fourth-order valence-corrected chi connectivity index (χ4v) is 2.84. The van der Waals surface area contributed by atoms with Gasteiger partial charge in [0, 0.05) is 45.4 Å². The Morgan fingerprint density at radius 1 is 1.03 bits per heavy atom. The third-order valence-electron chi connectivity index (χ3n) is 4.58. The number of hydrogen-bond acceptors (Lipinski definition) is 7. The zero-order chi connectivity index (χ0) is 21.7. The van der Waals surface area contributed by atoms with Crippen LogP contribution in [0, 0.1) is 13.8 Å². The number of rotatable bonds is 3. The lowest BCUT2D eigenvalue weighted by Crippen LogP contribution is -2.37. The molecule has 0 aliphatic carbocycles. The third-order valence-corrected chi connectivity index (χ3v) is 4.58. The summed E-state index contributed by atoms with van der Waals surface area (Å²) in [6, 6.07) is 1.89. The van der Waals surface area contributed by atoms with Crippen LogP contribution in [-0.2, 0) is 18.2 Å². The van der Waals surface area contributed by atoms with Crippen LogP contribution in [0.3, 0.4) is 0 Å². The molecule has 0 atom stereocenters. The number of halogens is 3. The molecule has 4 heterocycles. The Morgan fingerprint density at radius 3 is 2.30 bits per heavy atom. The van der Waals surface area contributed by atoms with Gasteiger partial charge in [-0.25, -0.2) is 15.0 Å². The maximum absolute atomic E-state index is 12.6. The van der Waals surface area contributed by atoms with Crippen LogP contribution in [0.25, 0.3) is 11.2 Å². The lowest BCUT2D eigenvalue weighted by atomic mass is 10.2. The van der Waals surface area contributed by atoms with Crippen molar-refractivity contribution in [2.24, 2.45) is 7.05 Å². The Bertz CT molecular complexity index is 970. The topological polar surface area (TPSA) is 81.9 Å². The van der Waals surface area contributed by atoms with Gasteiger partial charge < -0.3 is 9.64 Å². The summed E-state index contributed by atoms with van der Waals surface area (Å²) in [5.41, 5.74) is 2.34. The van der Waals surface area contributed by atoms with Gasteiger partial charge in [-0.2, -0.15) is 23.3 Å². The molecule has 3 aromatic rings. The molecule has 0 N–H and O–H groups in total. The van der Waals surface area contributed by atoms with Crippen molar-refractivity contribution in [3.8, 4) is 0 Å². The van der Waals surface area contributed by atoms with E-state index in [9.17, 15) is 13.2 Å². The fraction of sp³-hybridized carbons (Fsp3) is 0.526. The van der Waals surface area contributed by atoms with E-state index in [1.807, 2.05) is 24.2 Å². The maximum Gasteiger partial charge on any atom is 0.389 e. The molecule has 8 nitrogen and oxygen atoms in total. The SMILES string of the molecule is Cc1nc2nc(N3CCOCC3)nc(CCC(F)(F)F)c2nc1C.Cn1cccn1. The van der Waals surface area contributed by atoms with E-state index in [1.54, 1.807) is 24.7 Å². The number of fused-ring (bicyclic) bond motifs is 1. The summed E-state index contributed by atoms with van der Waals surface area (Å²) in [5, 5.41) is 3.83. The second-order valence-corrected chi connectivity index (χ2v) is 6.93. The molecule has 4 rings (SSSR count). The van der Waals surface area contributed by atoms with Crippen LogP contribution in [-0.4, -0.2) is 62.2 Å². The lowest BCUT2D eigenvalue weighted by molar-refractivity contribution is -0.134. The van der Waals surface area contributed by atoms with E-state index in [0.29, 0.717) is 54.8 Å². The first kappa shape index (κ1) is 21.9. The maximum atomic E-state index is 12.6. The molecule has 30 heavy (non-hydrogen) atoms. The first-order chi connectivity index (χ1) is 14.2. The first-order valence-corrected chi connectivity index (χ1v) is 9.58. The quantitative estimate of drug-likeness (QED) is 0.641. The number of ether oxygens (including phenoxy) is 1. The zero-order valence-electron chi connectivity index (χ0n) is 17.1. The molecule has 0 radical (unpaired) electrons. The van der Waals surface area contributed by atoms with E-state index < -0.39 is 12.6 Å². The Morgan fingerprint density at radius 2 is 1.73 bits per heavy atom. The molecule has 3 aromatic heterocycles. The predicted molar refractivity (Wildman–Crippen MR) is 105 cm³/mol. The largest absolute Gasteiger partial charge is 0.389 e. The van der Waals surface area contributed by atoms with E-state index in [-0.39, 0.29) is 12.1 Å². The van der Waals surface area contributed by atoms with E-state index in [1.165, 1.54) is 0 Å². The fourth-order valence-electron chi connectivity index (χ4n) is 2.84. The number of hydrogen-bond donors (Lipinski definition) is 0. The molecular weight excluding hydrogens is 399 g/mol. The summed E-state index contributed by atoms with van der Waals surface area (Å²) < 4.78 is 44.9. The highest BCUT2D eigenvalue weighted by Crippen LogP contribution is 2.25. The summed E-state index contributed by atoms with van der Waals surface area (Å²) in [5.74, 6) is 0.389. The Kier molecular flexibility index (Phi) is 6.80. The third kappa shape index (κ3) is 5.85. The van der Waals surface area contributed by atoms with Gasteiger partial charge in [0.2, 0.25) is 5.95 Å². The zero-order valence-corrected chi connectivity index (χ0v) is 17.1. The van der Waals surface area contributed by atoms with Crippen molar-refractivity contribution < 1.29 is 17.9 Å². The number of nitrogens with zero attached hydrogens (tertiary/aromatic N) is 7. The Labute approximate surface area is 172 Å². The van der Waals surface area contributed by atoms with Crippen LogP contribution in [0.1, 0.15) is 23.5 Å². The van der Waals surface area contributed by atoms with Crippen molar-refractivity contribution in [2.75, 3.05) is 31.2 Å². The van der Waals surface area contributed by atoms with Gasteiger partial charge in [-0.15, -0.1) is 0 Å². The summed E-state index contributed by atoms with van der Waals surface area (Å²) >= 11 is 0. The second kappa shape index (κ2) is 9.33. The van der Waals surface area contributed by atoms with Gasteiger partial charge >= 0.3 is 6.18 Å². The molecule has 0 aromatic carbocycles. The predicted octanol–water partition coefficient (Wildman–Crippen LogP) is 2.79. The average Bonchev–Trinajstić information content (AvgIpc) is 3.18. The van der Waals surface area contributed by atoms with Gasteiger partial charge in [0.05, 0.1) is 30.3 Å². The van der Waals surface area contributed by atoms with Crippen molar-refractivity contribution in [1.82, 2.24) is 29.7 Å². The summed E-state index contributed by atoms with van der Waals surface area (Å²) in [7, 11) is 1.89. The van der Waals surface area contributed by atoms with Gasteiger partial charge in [-0.05, 0) is 19.9 Å². The lowest BCUT2D eigenvalue weighted by Gasteiger charge is -2.27. The van der Waals surface area contributed by atoms with Crippen LogP contribution in [0.4, 0.5) is 19.1 Å². The van der Waals surface area contributed by atoms with Gasteiger partial charge in [0.25, 0.3) is 0 Å². The molecule has 0 amide bonds. The minimum absolute atomic E-state index is 0.239. The van der Waals surface area contributed by atoms with Crippen LogP contribution in [0.5, 0.6) is 0 Å². The van der Waals surface area contributed by atoms with Gasteiger partial charge in [-0.3, -0.25) is 4.68 Å². The van der Waals surface area contributed by atoms with E-state index in [0.717, 1.165) is 0 Å². The molecule has 0 spiro atoms. The van der Waals surface area contributed by atoms with Crippen LogP contribution >= 0.6 is 0 Å². The second-order valence-electron chi connectivity index (χ2n) is 6.93. The Hall–Kier alpha value is -2.82. The molecule has 1 fully saturated rings. The average molecular weight is 423 g/mol. The molecule has 162 valence electrons. The van der Waals surface area contributed by atoms with Crippen molar-refractivity contribution in [3.05, 3.63) is 35.5 Å². The minimum Gasteiger partial charge on any atom is -0.378 e. The molecule has 11 heteroatoms. The molecule has 0 bridgehead atoms. The van der Waals surface area contributed by atoms with Crippen molar-refractivity contribution in [1.29, 1.82) is 0 Å². The van der Waals surface area contributed by atoms with Crippen molar-refractivity contribution in [2.45, 2.75) is 32.9 Å². The van der Waals surface area contributed by atoms with Crippen LogP contribution in [0.2, 0.25) is 0 Å². The van der Waals surface area contributed by atoms with Crippen LogP contribution < -0.4 is 4.90 Å². The number of morpholine rings is 1. The number of aromatic nitrogens is 6. The molecule has 0 unspecified atom stereocenters. The summed E-state index contributed by atoms with van der Waals surface area (Å²) in [6.07, 6.45) is -1.79. The number of aryl methyl sites for hydroxylation is 4. The molecule has 0 saturated carbocycles. The highest BCUT2D eigenvalue weighted by Gasteiger charge is 2.28. The van der Waals surface area contributed by atoms with E-state index in [4.69, 9.17) is 4.74 Å². The summed E-state index contributed by atoms with van der Waals surface area (Å²) in [4.78, 5) is 19.4. The first-order valence-electron chi connectivity index (χ1n) is 9.58. The molecular formula is C19H24F3N7O. The monoisotopic (exact) mass is 423 g/mol. The van der Waals surface area contributed by atoms with Gasteiger partial charge in [-0.1, -0.05) is 0 Å². The van der Waals surface area contributed by atoms with E-state index in [2.05, 4.69) is 25.0 Å². The highest BCUT2D eigenvalue weighted by atomic mass is 19.4. The van der Waals surface area contributed by atoms with Gasteiger partial charge in [0.1, 0.15) is 5.52 Å². The van der Waals surface area contributed by atoms with Gasteiger partial charge in [0.15, 0.2) is 5.65 Å². The van der Waals surface area contributed by atoms with Crippen molar-refractivity contribution >= 4 is 17.1 Å². The standard InChI is InChI=1S/C15H18F3N5O.C4H6N2/c1-9-10(2)20-13-12(19-9)11(3-4-15(16,17)18)21-14(22-13)23-5-7-24-8-6-23;1-6-4-2-3-5-6/h3-8H2,1-2H3;2-4H,1H3. The normalized spacial score (nSPS) is 14.5. The number of alkyl halides is 3. The summed E-state index contributed by atoms with van der Waals surface area (Å²) in [6.45, 7) is 5.85. The molecule has 1 saturated heterocycles. The minimum atomic E-state index is -4.25. The molecule has 1 aliphatic heterocycles. The highest BCUT2D eigenvalue weighted by molar-refractivity contribution is 5.74. The Balaban J connectivity index is 0.000000367. The molecule has 1 aliphatic rings. The number of anilines is 1. The smallest absolute Gasteiger partial charge is 0.378 e. The van der Waals surface area contributed by atoms with Crippen molar-refractivity contribution in [3.63, 3.8) is 0 Å². The van der Waals surface area contributed by atoms with Crippen LogP contribution in [0.15, 0.2) is 18.5 Å². The van der Waals surface area contributed by atoms with E-state index >= 15 is 0 Å².